The van der Waals surface area contributed by atoms with Crippen molar-refractivity contribution in [1.82, 2.24) is 5.43 Å². The van der Waals surface area contributed by atoms with Crippen molar-refractivity contribution in [2.24, 2.45) is 5.10 Å². The third kappa shape index (κ3) is 6.99. The maximum absolute atomic E-state index is 12.8. The molecule has 0 aliphatic carbocycles. The van der Waals surface area contributed by atoms with Crippen molar-refractivity contribution in [1.29, 1.82) is 0 Å². The van der Waals surface area contributed by atoms with Crippen LogP contribution in [0, 0.1) is 10.1 Å². The van der Waals surface area contributed by atoms with E-state index in [1.165, 1.54) is 36.5 Å². The summed E-state index contributed by atoms with van der Waals surface area (Å²) in [6, 6.07) is 24.9. The average Bonchev–Trinajstić information content (AvgIpc) is 2.95. The maximum atomic E-state index is 12.8. The van der Waals surface area contributed by atoms with Gasteiger partial charge in [-0.1, -0.05) is 46.3 Å². The Morgan fingerprint density at radius 3 is 2.26 bits per heavy atom. The second-order valence-corrected chi connectivity index (χ2v) is 8.86. The second kappa shape index (κ2) is 12.4. The van der Waals surface area contributed by atoms with Crippen LogP contribution in [-0.2, 0) is 0 Å². The molecule has 0 heterocycles. The van der Waals surface area contributed by atoms with E-state index in [0.717, 1.165) is 0 Å². The maximum Gasteiger partial charge on any atom is 0.343 e. The number of anilines is 1. The lowest BCUT2D eigenvalue weighted by molar-refractivity contribution is -0.384. The summed E-state index contributed by atoms with van der Waals surface area (Å²) >= 11 is 3.34. The predicted molar refractivity (Wildman–Crippen MR) is 148 cm³/mol. The molecule has 4 aromatic rings. The number of hydrogen-bond donors (Lipinski definition) is 2. The van der Waals surface area contributed by atoms with E-state index in [-0.39, 0.29) is 28.5 Å². The van der Waals surface area contributed by atoms with Gasteiger partial charge >= 0.3 is 5.97 Å². The Labute approximate surface area is 230 Å². The van der Waals surface area contributed by atoms with Crippen LogP contribution in [0.2, 0.25) is 0 Å². The minimum absolute atomic E-state index is 0.119. The molecule has 2 N–H and O–H groups in total. The Hall–Kier alpha value is -5.16. The standard InChI is InChI=1S/C28H19BrN4O6/c29-21-12-15-25(39-28(36)19-10-13-22(14-11-19)33(37)38)20(16-21)17-30-32-27(35)23-8-4-5-9-24(23)31-26(34)18-6-2-1-3-7-18/h1-17H,(H,31,34)(H,32,35)/b30-17-. The van der Waals surface area contributed by atoms with Crippen molar-refractivity contribution < 1.29 is 24.0 Å². The number of non-ortho nitro benzene ring substituents is 1. The molecular weight excluding hydrogens is 568 g/mol. The highest BCUT2D eigenvalue weighted by Gasteiger charge is 2.15. The van der Waals surface area contributed by atoms with Gasteiger partial charge in [-0.25, -0.2) is 10.2 Å². The molecule has 0 fully saturated rings. The number of hydrogen-bond acceptors (Lipinski definition) is 7. The van der Waals surface area contributed by atoms with E-state index in [4.69, 9.17) is 4.74 Å². The molecule has 0 bridgehead atoms. The van der Waals surface area contributed by atoms with Gasteiger partial charge in [-0.3, -0.25) is 19.7 Å². The summed E-state index contributed by atoms with van der Waals surface area (Å²) in [5, 5.41) is 17.5. The third-order valence-electron chi connectivity index (χ3n) is 5.31. The number of para-hydroxylation sites is 1. The summed E-state index contributed by atoms with van der Waals surface area (Å²) in [7, 11) is 0. The lowest BCUT2D eigenvalue weighted by Crippen LogP contribution is -2.21. The normalized spacial score (nSPS) is 10.6. The van der Waals surface area contributed by atoms with Crippen molar-refractivity contribution in [2.45, 2.75) is 0 Å². The average molecular weight is 587 g/mol. The Bertz CT molecular complexity index is 1570. The molecule has 0 atom stereocenters. The van der Waals surface area contributed by atoms with Gasteiger partial charge in [0.25, 0.3) is 17.5 Å². The van der Waals surface area contributed by atoms with Crippen LogP contribution in [0.15, 0.2) is 107 Å². The number of nitrogens with zero attached hydrogens (tertiary/aromatic N) is 2. The molecule has 11 heteroatoms. The second-order valence-electron chi connectivity index (χ2n) is 7.94. The quantitative estimate of drug-likeness (QED) is 0.0906. The van der Waals surface area contributed by atoms with E-state index in [1.807, 2.05) is 0 Å². The van der Waals surface area contributed by atoms with Crippen molar-refractivity contribution in [2.75, 3.05) is 5.32 Å². The summed E-state index contributed by atoms with van der Waals surface area (Å²) in [5.41, 5.74) is 3.68. The first-order valence-electron chi connectivity index (χ1n) is 11.4. The fraction of sp³-hybridized carbons (Fsp3) is 0. The number of nitro benzene ring substituents is 1. The molecule has 0 unspecified atom stereocenters. The summed E-state index contributed by atoms with van der Waals surface area (Å²) in [5.74, 6) is -1.52. The number of nitrogens with one attached hydrogen (secondary N) is 2. The fourth-order valence-electron chi connectivity index (χ4n) is 3.39. The monoisotopic (exact) mass is 586 g/mol. The van der Waals surface area contributed by atoms with E-state index in [2.05, 4.69) is 31.8 Å². The van der Waals surface area contributed by atoms with Crippen molar-refractivity contribution in [3.63, 3.8) is 0 Å². The Balaban J connectivity index is 1.46. The van der Waals surface area contributed by atoms with Crippen LogP contribution >= 0.6 is 15.9 Å². The number of ether oxygens (including phenoxy) is 1. The summed E-state index contributed by atoms with van der Waals surface area (Å²) < 4.78 is 6.12. The van der Waals surface area contributed by atoms with Crippen LogP contribution in [0.5, 0.6) is 5.75 Å². The van der Waals surface area contributed by atoms with Crippen LogP contribution in [0.1, 0.15) is 36.6 Å². The number of rotatable bonds is 8. The van der Waals surface area contributed by atoms with Gasteiger partial charge in [0.05, 0.1) is 28.0 Å². The summed E-state index contributed by atoms with van der Waals surface area (Å²) in [4.78, 5) is 48.2. The molecule has 4 rings (SSSR count). The van der Waals surface area contributed by atoms with Gasteiger partial charge in [0.15, 0.2) is 0 Å². The first-order chi connectivity index (χ1) is 18.8. The topological polar surface area (TPSA) is 140 Å². The summed E-state index contributed by atoms with van der Waals surface area (Å²) in [6.07, 6.45) is 1.30. The first-order valence-corrected chi connectivity index (χ1v) is 12.2. The molecular formula is C28H19BrN4O6. The highest BCUT2D eigenvalue weighted by Crippen LogP contribution is 2.23. The van der Waals surface area contributed by atoms with Gasteiger partial charge in [0, 0.05) is 27.7 Å². The van der Waals surface area contributed by atoms with E-state index < -0.39 is 16.8 Å². The van der Waals surface area contributed by atoms with Crippen molar-refractivity contribution in [3.8, 4) is 5.75 Å². The lowest BCUT2D eigenvalue weighted by Gasteiger charge is -2.10. The molecule has 194 valence electrons. The predicted octanol–water partition coefficient (Wildman–Crippen LogP) is 5.59. The Kier molecular flexibility index (Phi) is 8.54. The van der Waals surface area contributed by atoms with Gasteiger partial charge in [0.1, 0.15) is 5.75 Å². The fourth-order valence-corrected chi connectivity index (χ4v) is 3.76. The number of esters is 1. The molecule has 0 radical (unpaired) electrons. The molecule has 0 spiro atoms. The van der Waals surface area contributed by atoms with Gasteiger partial charge in [0.2, 0.25) is 0 Å². The number of carbonyl (C=O) groups is 3. The molecule has 2 amide bonds. The smallest absolute Gasteiger partial charge is 0.343 e. The number of halogens is 1. The number of nitro groups is 1. The number of hydrazone groups is 1. The lowest BCUT2D eigenvalue weighted by atomic mass is 10.1. The van der Waals surface area contributed by atoms with Crippen LogP contribution in [0.25, 0.3) is 0 Å². The Morgan fingerprint density at radius 1 is 0.846 bits per heavy atom. The van der Waals surface area contributed by atoms with Crippen LogP contribution in [0.4, 0.5) is 11.4 Å². The van der Waals surface area contributed by atoms with E-state index in [0.29, 0.717) is 21.3 Å². The van der Waals surface area contributed by atoms with Gasteiger partial charge in [-0.05, 0) is 54.6 Å². The van der Waals surface area contributed by atoms with E-state index in [1.54, 1.807) is 66.7 Å². The largest absolute Gasteiger partial charge is 0.422 e. The highest BCUT2D eigenvalue weighted by molar-refractivity contribution is 9.10. The third-order valence-corrected chi connectivity index (χ3v) is 5.81. The molecule has 10 nitrogen and oxygen atoms in total. The highest BCUT2D eigenvalue weighted by atomic mass is 79.9. The number of carbonyl (C=O) groups excluding carboxylic acids is 3. The van der Waals surface area contributed by atoms with Crippen LogP contribution in [0.3, 0.4) is 0 Å². The molecule has 0 aliphatic heterocycles. The van der Waals surface area contributed by atoms with Gasteiger partial charge in [-0.2, -0.15) is 5.10 Å². The molecule has 39 heavy (non-hydrogen) atoms. The Morgan fingerprint density at radius 2 is 1.54 bits per heavy atom. The SMILES string of the molecule is O=C(Nc1ccccc1C(=O)N/N=C\c1cc(Br)ccc1OC(=O)c1ccc([N+](=O)[O-])cc1)c1ccccc1. The minimum atomic E-state index is -0.728. The van der Waals surface area contributed by atoms with Crippen molar-refractivity contribution in [3.05, 3.63) is 134 Å². The van der Waals surface area contributed by atoms with Crippen LogP contribution in [-0.4, -0.2) is 28.9 Å². The zero-order valence-corrected chi connectivity index (χ0v) is 21.6. The molecule has 0 aliphatic rings. The molecule has 4 aromatic carbocycles. The zero-order valence-electron chi connectivity index (χ0n) is 20.0. The van der Waals surface area contributed by atoms with E-state index >= 15 is 0 Å². The first kappa shape index (κ1) is 26.9. The zero-order chi connectivity index (χ0) is 27.8. The molecule has 0 saturated heterocycles. The minimum Gasteiger partial charge on any atom is -0.422 e. The van der Waals surface area contributed by atoms with Crippen LogP contribution < -0.4 is 15.5 Å². The number of benzene rings is 4. The molecule has 0 aromatic heterocycles. The van der Waals surface area contributed by atoms with E-state index in [9.17, 15) is 24.5 Å². The number of amides is 2. The van der Waals surface area contributed by atoms with Gasteiger partial charge in [-0.15, -0.1) is 0 Å². The molecule has 0 saturated carbocycles. The summed E-state index contributed by atoms with van der Waals surface area (Å²) in [6.45, 7) is 0. The van der Waals surface area contributed by atoms with Crippen molar-refractivity contribution >= 4 is 51.3 Å². The van der Waals surface area contributed by atoms with Gasteiger partial charge < -0.3 is 10.1 Å².